The number of carbonyl (C=O) groups excluding carboxylic acids is 2. The Bertz CT molecular complexity index is 1080. The topological polar surface area (TPSA) is 98.1 Å². The van der Waals surface area contributed by atoms with E-state index in [1.165, 1.54) is 11.1 Å². The summed E-state index contributed by atoms with van der Waals surface area (Å²) in [6.45, 7) is 2.07. The van der Waals surface area contributed by atoms with Crippen molar-refractivity contribution in [1.29, 1.82) is 0 Å². The van der Waals surface area contributed by atoms with Crippen molar-refractivity contribution in [1.82, 2.24) is 25.4 Å². The quantitative estimate of drug-likeness (QED) is 0.552. The lowest BCUT2D eigenvalue weighted by Gasteiger charge is -2.23. The fraction of sp³-hybridized carbons (Fsp3) is 0.273. The number of hydrogen-bond acceptors (Lipinski definition) is 6. The molecule has 9 heteroatoms. The lowest BCUT2D eigenvalue weighted by Crippen LogP contribution is -2.53. The molecule has 4 rings (SSSR count). The molecule has 2 N–H and O–H groups in total. The first kappa shape index (κ1) is 20.9. The Hall–Kier alpha value is -3.33. The number of urea groups is 1. The molecule has 3 aromatic rings. The Morgan fingerprint density at radius 1 is 1.16 bits per heavy atom. The van der Waals surface area contributed by atoms with E-state index in [1.54, 1.807) is 18.9 Å². The van der Waals surface area contributed by atoms with E-state index in [0.717, 1.165) is 22.3 Å². The van der Waals surface area contributed by atoms with Crippen LogP contribution < -0.4 is 15.4 Å². The van der Waals surface area contributed by atoms with E-state index < -0.39 is 6.03 Å². The third-order valence-electron chi connectivity index (χ3n) is 4.93. The molecule has 160 valence electrons. The van der Waals surface area contributed by atoms with Crippen molar-refractivity contribution in [2.45, 2.75) is 36.7 Å². The van der Waals surface area contributed by atoms with Gasteiger partial charge >= 0.3 is 6.03 Å². The number of aromatic nitrogens is 3. The molecule has 1 aromatic heterocycles. The molecule has 3 amide bonds. The zero-order valence-corrected chi connectivity index (χ0v) is 18.1. The second kappa shape index (κ2) is 9.22. The van der Waals surface area contributed by atoms with Crippen LogP contribution in [0.5, 0.6) is 5.75 Å². The van der Waals surface area contributed by atoms with Crippen LogP contribution in [0.3, 0.4) is 0 Å². The molecule has 2 heterocycles. The molecule has 0 spiro atoms. The Kier molecular flexibility index (Phi) is 6.22. The van der Waals surface area contributed by atoms with Gasteiger partial charge in [0.05, 0.1) is 7.11 Å². The number of benzene rings is 2. The minimum atomic E-state index is -0.481. The van der Waals surface area contributed by atoms with Crippen molar-refractivity contribution >= 4 is 23.7 Å². The van der Waals surface area contributed by atoms with Gasteiger partial charge in [0.25, 0.3) is 0 Å². The number of methoxy groups -OCH3 is 1. The third kappa shape index (κ3) is 5.05. The normalized spacial score (nSPS) is 16.0. The van der Waals surface area contributed by atoms with Crippen molar-refractivity contribution in [3.05, 3.63) is 65.5 Å². The average Bonchev–Trinajstić information content (AvgIpc) is 3.14. The minimum Gasteiger partial charge on any atom is -0.497 e. The van der Waals surface area contributed by atoms with Crippen molar-refractivity contribution < 1.29 is 14.3 Å². The van der Waals surface area contributed by atoms with E-state index in [1.807, 2.05) is 34.9 Å². The van der Waals surface area contributed by atoms with E-state index in [4.69, 9.17) is 4.74 Å². The summed E-state index contributed by atoms with van der Waals surface area (Å²) in [4.78, 5) is 23.4. The third-order valence-corrected chi connectivity index (χ3v) is 5.93. The number of rotatable bonds is 7. The number of nitrogens with zero attached hydrogens (tertiary/aromatic N) is 3. The van der Waals surface area contributed by atoms with Crippen LogP contribution in [0.15, 0.2) is 53.7 Å². The molecule has 0 radical (unpaired) electrons. The van der Waals surface area contributed by atoms with Gasteiger partial charge in [0.2, 0.25) is 5.91 Å². The van der Waals surface area contributed by atoms with Crippen molar-refractivity contribution in [3.8, 4) is 11.4 Å². The molecule has 1 aliphatic heterocycles. The van der Waals surface area contributed by atoms with Crippen LogP contribution >= 0.6 is 11.8 Å². The molecule has 31 heavy (non-hydrogen) atoms. The maximum Gasteiger partial charge on any atom is 0.321 e. The fourth-order valence-electron chi connectivity index (χ4n) is 3.48. The number of thioether (sulfide) groups is 1. The highest BCUT2D eigenvalue weighted by molar-refractivity contribution is 7.98. The zero-order valence-electron chi connectivity index (χ0n) is 17.3. The first-order chi connectivity index (χ1) is 15.0. The summed E-state index contributed by atoms with van der Waals surface area (Å²) < 4.78 is 7.24. The van der Waals surface area contributed by atoms with Crippen molar-refractivity contribution in [2.75, 3.05) is 7.11 Å². The lowest BCUT2D eigenvalue weighted by molar-refractivity contribution is -0.121. The van der Waals surface area contributed by atoms with Gasteiger partial charge in [-0.25, -0.2) is 4.79 Å². The van der Waals surface area contributed by atoms with Crippen LogP contribution in [0.1, 0.15) is 23.4 Å². The van der Waals surface area contributed by atoms with Gasteiger partial charge in [0, 0.05) is 30.3 Å². The standard InChI is InChI=1S/C22H23N5O3S/c1-14-4-3-5-15(10-14)13-31-22-26-25-19(11-16-12-20(28)24-21(29)23-16)27(22)17-6-8-18(30-2)9-7-17/h3-10,16H,11-13H2,1-2H3,(H2,23,24,28,29). The number of ether oxygens (including phenoxy) is 1. The Balaban J connectivity index is 1.62. The van der Waals surface area contributed by atoms with Gasteiger partial charge in [0.15, 0.2) is 5.16 Å². The summed E-state index contributed by atoms with van der Waals surface area (Å²) in [5, 5.41) is 14.6. The van der Waals surface area contributed by atoms with Crippen molar-refractivity contribution in [3.63, 3.8) is 0 Å². The maximum absolute atomic E-state index is 11.8. The van der Waals surface area contributed by atoms with Crippen LogP contribution in [0.2, 0.25) is 0 Å². The van der Waals surface area contributed by atoms with E-state index in [9.17, 15) is 9.59 Å². The number of imide groups is 1. The summed E-state index contributed by atoms with van der Waals surface area (Å²) in [6.07, 6.45) is 0.593. The molecule has 8 nitrogen and oxygen atoms in total. The van der Waals surface area contributed by atoms with Gasteiger partial charge in [-0.3, -0.25) is 14.7 Å². The van der Waals surface area contributed by atoms with Crippen LogP contribution in [0.25, 0.3) is 5.69 Å². The van der Waals surface area contributed by atoms with Gasteiger partial charge in [0.1, 0.15) is 11.6 Å². The molecule has 0 saturated carbocycles. The number of nitrogens with one attached hydrogen (secondary N) is 2. The zero-order chi connectivity index (χ0) is 21.8. The summed E-state index contributed by atoms with van der Waals surface area (Å²) in [6, 6.07) is 15.2. The lowest BCUT2D eigenvalue weighted by atomic mass is 10.1. The van der Waals surface area contributed by atoms with Gasteiger partial charge in [-0.2, -0.15) is 0 Å². The number of amides is 3. The first-order valence-electron chi connectivity index (χ1n) is 9.89. The Labute approximate surface area is 184 Å². The second-order valence-electron chi connectivity index (χ2n) is 7.34. The van der Waals surface area contributed by atoms with E-state index in [0.29, 0.717) is 12.2 Å². The van der Waals surface area contributed by atoms with Crippen LogP contribution in [0.4, 0.5) is 4.79 Å². The molecule has 0 bridgehead atoms. The number of carbonyl (C=O) groups is 2. The molecular formula is C22H23N5O3S. The molecule has 1 saturated heterocycles. The highest BCUT2D eigenvalue weighted by atomic mass is 32.2. The van der Waals surface area contributed by atoms with Gasteiger partial charge in [-0.15, -0.1) is 10.2 Å². The molecule has 1 fully saturated rings. The summed E-state index contributed by atoms with van der Waals surface area (Å²) in [5.74, 6) is 1.89. The average molecular weight is 438 g/mol. The van der Waals surface area contributed by atoms with Crippen LogP contribution in [-0.2, 0) is 17.0 Å². The first-order valence-corrected chi connectivity index (χ1v) is 10.9. The van der Waals surface area contributed by atoms with Crippen LogP contribution in [0, 0.1) is 6.92 Å². The Morgan fingerprint density at radius 2 is 1.97 bits per heavy atom. The van der Waals surface area contributed by atoms with E-state index >= 15 is 0 Å². The number of hydrogen-bond donors (Lipinski definition) is 2. The molecule has 2 aromatic carbocycles. The predicted octanol–water partition coefficient (Wildman–Crippen LogP) is 3.02. The molecule has 1 atom stereocenters. The summed E-state index contributed by atoms with van der Waals surface area (Å²) >= 11 is 1.59. The molecule has 0 aliphatic carbocycles. The highest BCUT2D eigenvalue weighted by Crippen LogP contribution is 2.27. The minimum absolute atomic E-state index is 0.201. The van der Waals surface area contributed by atoms with E-state index in [-0.39, 0.29) is 18.4 Å². The molecular weight excluding hydrogens is 414 g/mol. The molecule has 1 unspecified atom stereocenters. The second-order valence-corrected chi connectivity index (χ2v) is 8.28. The van der Waals surface area contributed by atoms with Crippen molar-refractivity contribution in [2.24, 2.45) is 0 Å². The number of aryl methyl sites for hydroxylation is 1. The highest BCUT2D eigenvalue weighted by Gasteiger charge is 2.26. The van der Waals surface area contributed by atoms with Gasteiger partial charge in [-0.05, 0) is 36.8 Å². The smallest absolute Gasteiger partial charge is 0.321 e. The van der Waals surface area contributed by atoms with E-state index in [2.05, 4.69) is 46.0 Å². The largest absolute Gasteiger partial charge is 0.497 e. The monoisotopic (exact) mass is 437 g/mol. The predicted molar refractivity (Wildman–Crippen MR) is 117 cm³/mol. The maximum atomic E-state index is 11.8. The van der Waals surface area contributed by atoms with Gasteiger partial charge in [-0.1, -0.05) is 41.6 Å². The summed E-state index contributed by atoms with van der Waals surface area (Å²) in [5.41, 5.74) is 3.30. The molecule has 1 aliphatic rings. The van der Waals surface area contributed by atoms with Crippen LogP contribution in [-0.4, -0.2) is 39.9 Å². The fourth-order valence-corrected chi connectivity index (χ4v) is 4.40. The SMILES string of the molecule is COc1ccc(-n2c(CC3CC(=O)NC(=O)N3)nnc2SCc2cccc(C)c2)cc1. The summed E-state index contributed by atoms with van der Waals surface area (Å²) in [7, 11) is 1.62. The van der Waals surface area contributed by atoms with Gasteiger partial charge < -0.3 is 10.1 Å². The Morgan fingerprint density at radius 3 is 2.68 bits per heavy atom.